The van der Waals surface area contributed by atoms with Gasteiger partial charge in [0.25, 0.3) is 10.0 Å². The molecule has 0 spiro atoms. The highest BCUT2D eigenvalue weighted by Crippen LogP contribution is 2.35. The molecule has 3 aromatic carbocycles. The van der Waals surface area contributed by atoms with Gasteiger partial charge in [-0.3, -0.25) is 13.9 Å². The number of anilines is 1. The molecule has 0 aliphatic rings. The molecule has 41 heavy (non-hydrogen) atoms. The number of halogens is 1. The molecule has 10 heteroatoms. The molecule has 1 atom stereocenters. The van der Waals surface area contributed by atoms with E-state index in [1.54, 1.807) is 30.3 Å². The molecule has 0 unspecified atom stereocenters. The van der Waals surface area contributed by atoms with Crippen molar-refractivity contribution in [2.75, 3.05) is 24.5 Å². The molecule has 3 rings (SSSR count). The zero-order valence-corrected chi connectivity index (χ0v) is 25.7. The second kappa shape index (κ2) is 14.4. The number of aryl methyl sites for hydroxylation is 1. The van der Waals surface area contributed by atoms with Crippen LogP contribution in [0.15, 0.2) is 77.7 Å². The third-order valence-corrected chi connectivity index (χ3v) is 8.53. The fraction of sp³-hybridized carbons (Fsp3) is 0.355. The third kappa shape index (κ3) is 8.24. The van der Waals surface area contributed by atoms with E-state index in [1.807, 2.05) is 52.0 Å². The second-order valence-electron chi connectivity index (χ2n) is 10.2. The number of carbonyl (C=O) groups is 2. The number of hydrogen-bond donors (Lipinski definition) is 1. The van der Waals surface area contributed by atoms with Gasteiger partial charge in [-0.15, -0.1) is 0 Å². The summed E-state index contributed by atoms with van der Waals surface area (Å²) in [7, 11) is -2.82. The minimum atomic E-state index is -4.24. The van der Waals surface area contributed by atoms with Crippen molar-refractivity contribution in [3.05, 3.63) is 88.9 Å². The van der Waals surface area contributed by atoms with Crippen LogP contribution in [0.25, 0.3) is 0 Å². The summed E-state index contributed by atoms with van der Waals surface area (Å²) in [6.07, 6.45) is 0.341. The van der Waals surface area contributed by atoms with E-state index in [-0.39, 0.29) is 39.7 Å². The fourth-order valence-electron chi connectivity index (χ4n) is 4.44. The van der Waals surface area contributed by atoms with Gasteiger partial charge in [-0.25, -0.2) is 8.42 Å². The smallest absolute Gasteiger partial charge is 0.264 e. The number of sulfonamides is 1. The van der Waals surface area contributed by atoms with Crippen molar-refractivity contribution in [3.63, 3.8) is 0 Å². The molecule has 0 aliphatic heterocycles. The average molecular weight is 600 g/mol. The van der Waals surface area contributed by atoms with E-state index >= 15 is 0 Å². The van der Waals surface area contributed by atoms with Crippen LogP contribution in [0.1, 0.15) is 38.3 Å². The largest absolute Gasteiger partial charge is 0.495 e. The topological polar surface area (TPSA) is 96.0 Å². The van der Waals surface area contributed by atoms with Crippen molar-refractivity contribution >= 4 is 39.1 Å². The molecular formula is C31H38ClN3O5S. The molecule has 0 saturated carbocycles. The number of methoxy groups -OCH3 is 1. The van der Waals surface area contributed by atoms with Crippen molar-refractivity contribution < 1.29 is 22.7 Å². The molecule has 0 heterocycles. The highest BCUT2D eigenvalue weighted by Gasteiger charge is 2.34. The van der Waals surface area contributed by atoms with Crippen LogP contribution in [0.4, 0.5) is 5.69 Å². The lowest BCUT2D eigenvalue weighted by Crippen LogP contribution is -2.52. The summed E-state index contributed by atoms with van der Waals surface area (Å²) in [5.41, 5.74) is 1.94. The van der Waals surface area contributed by atoms with Crippen molar-refractivity contribution in [2.45, 2.75) is 51.6 Å². The number of nitrogens with zero attached hydrogens (tertiary/aromatic N) is 2. The van der Waals surface area contributed by atoms with Gasteiger partial charge < -0.3 is 15.0 Å². The standard InChI is InChI=1S/C31H38ClN3O5S/c1-6-27(31(37)33-19-22(2)3)34(20-24-12-10-11-23(4)17-24)30(36)21-35(28-18-25(32)15-16-29(28)40-5)41(38,39)26-13-8-7-9-14-26/h7-18,22,27H,6,19-21H2,1-5H3,(H,33,37)/t27-/m1/s1. The van der Waals surface area contributed by atoms with Crippen LogP contribution in [0.3, 0.4) is 0 Å². The minimum Gasteiger partial charge on any atom is -0.495 e. The van der Waals surface area contributed by atoms with Crippen molar-refractivity contribution in [1.29, 1.82) is 0 Å². The SMILES string of the molecule is CC[C@H](C(=O)NCC(C)C)N(Cc1cccc(C)c1)C(=O)CN(c1cc(Cl)ccc1OC)S(=O)(=O)c1ccccc1. The summed E-state index contributed by atoms with van der Waals surface area (Å²) in [6.45, 7) is 7.75. The predicted molar refractivity (Wildman–Crippen MR) is 163 cm³/mol. The lowest BCUT2D eigenvalue weighted by Gasteiger charge is -2.33. The maximum absolute atomic E-state index is 14.2. The highest BCUT2D eigenvalue weighted by molar-refractivity contribution is 7.92. The third-order valence-electron chi connectivity index (χ3n) is 6.53. The van der Waals surface area contributed by atoms with Gasteiger partial charge in [0.1, 0.15) is 18.3 Å². The molecule has 2 amide bonds. The van der Waals surface area contributed by atoms with Crippen LogP contribution in [0.5, 0.6) is 5.75 Å². The van der Waals surface area contributed by atoms with Crippen LogP contribution in [-0.2, 0) is 26.2 Å². The lowest BCUT2D eigenvalue weighted by atomic mass is 10.1. The van der Waals surface area contributed by atoms with Crippen LogP contribution >= 0.6 is 11.6 Å². The first kappa shape index (κ1) is 32.0. The van der Waals surface area contributed by atoms with E-state index in [9.17, 15) is 18.0 Å². The number of hydrogen-bond acceptors (Lipinski definition) is 5. The first-order valence-corrected chi connectivity index (χ1v) is 15.3. The van der Waals surface area contributed by atoms with Crippen LogP contribution in [-0.4, -0.2) is 51.4 Å². The quantitative estimate of drug-likeness (QED) is 0.283. The van der Waals surface area contributed by atoms with E-state index in [0.29, 0.717) is 13.0 Å². The van der Waals surface area contributed by atoms with Gasteiger partial charge in [-0.2, -0.15) is 0 Å². The molecule has 0 radical (unpaired) electrons. The van der Waals surface area contributed by atoms with Gasteiger partial charge in [0.2, 0.25) is 11.8 Å². The molecule has 0 saturated heterocycles. The van der Waals surface area contributed by atoms with Gasteiger partial charge >= 0.3 is 0 Å². The first-order valence-electron chi connectivity index (χ1n) is 13.5. The Balaban J connectivity index is 2.11. The lowest BCUT2D eigenvalue weighted by molar-refractivity contribution is -0.140. The zero-order chi connectivity index (χ0) is 30.2. The van der Waals surface area contributed by atoms with E-state index in [1.165, 1.54) is 30.2 Å². The van der Waals surface area contributed by atoms with Gasteiger partial charge in [-0.1, -0.05) is 80.4 Å². The minimum absolute atomic E-state index is 0.00165. The van der Waals surface area contributed by atoms with Crippen LogP contribution in [0, 0.1) is 12.8 Å². The Kier molecular flexibility index (Phi) is 11.2. The van der Waals surface area contributed by atoms with E-state index in [4.69, 9.17) is 16.3 Å². The summed E-state index contributed by atoms with van der Waals surface area (Å²) in [5.74, 6) is -0.382. The van der Waals surface area contributed by atoms with E-state index in [0.717, 1.165) is 15.4 Å². The van der Waals surface area contributed by atoms with Gasteiger partial charge in [-0.05, 0) is 55.2 Å². The Morgan fingerprint density at radius 2 is 1.71 bits per heavy atom. The molecule has 220 valence electrons. The summed E-state index contributed by atoms with van der Waals surface area (Å²) in [5, 5.41) is 3.21. The predicted octanol–water partition coefficient (Wildman–Crippen LogP) is 5.43. The zero-order valence-electron chi connectivity index (χ0n) is 24.1. The monoisotopic (exact) mass is 599 g/mol. The molecule has 0 bridgehead atoms. The summed E-state index contributed by atoms with van der Waals surface area (Å²) in [6, 6.07) is 19.3. The Bertz CT molecular complexity index is 1450. The summed E-state index contributed by atoms with van der Waals surface area (Å²) in [4.78, 5) is 29.0. The van der Waals surface area contributed by atoms with Gasteiger partial charge in [0, 0.05) is 18.1 Å². The Morgan fingerprint density at radius 1 is 1.00 bits per heavy atom. The molecule has 1 N–H and O–H groups in total. The number of nitrogens with one attached hydrogen (secondary N) is 1. The van der Waals surface area contributed by atoms with Gasteiger partial charge in [0.15, 0.2) is 0 Å². The Hall–Kier alpha value is -3.56. The Labute approximate surface area is 248 Å². The van der Waals surface area contributed by atoms with Gasteiger partial charge in [0.05, 0.1) is 17.7 Å². The second-order valence-corrected chi connectivity index (χ2v) is 12.5. The number of ether oxygens (including phenoxy) is 1. The molecule has 8 nitrogen and oxygen atoms in total. The number of rotatable bonds is 13. The molecule has 0 fully saturated rings. The Morgan fingerprint density at radius 3 is 2.32 bits per heavy atom. The molecular weight excluding hydrogens is 562 g/mol. The number of amides is 2. The average Bonchev–Trinajstić information content (AvgIpc) is 2.95. The van der Waals surface area contributed by atoms with Crippen molar-refractivity contribution in [3.8, 4) is 5.75 Å². The van der Waals surface area contributed by atoms with Crippen molar-refractivity contribution in [1.82, 2.24) is 10.2 Å². The molecule has 0 aliphatic carbocycles. The summed E-state index contributed by atoms with van der Waals surface area (Å²) >= 11 is 6.28. The number of benzene rings is 3. The maximum atomic E-state index is 14.2. The fourth-order valence-corrected chi connectivity index (χ4v) is 6.04. The van der Waals surface area contributed by atoms with Crippen LogP contribution in [0.2, 0.25) is 5.02 Å². The van der Waals surface area contributed by atoms with E-state index < -0.39 is 28.5 Å². The number of carbonyl (C=O) groups excluding carboxylic acids is 2. The first-order chi connectivity index (χ1) is 19.5. The maximum Gasteiger partial charge on any atom is 0.264 e. The molecule has 0 aromatic heterocycles. The van der Waals surface area contributed by atoms with E-state index in [2.05, 4.69) is 5.32 Å². The van der Waals surface area contributed by atoms with Crippen LogP contribution < -0.4 is 14.4 Å². The summed E-state index contributed by atoms with van der Waals surface area (Å²) < 4.78 is 34.5. The normalized spacial score (nSPS) is 12.1. The highest BCUT2D eigenvalue weighted by atomic mass is 35.5. The molecule has 3 aromatic rings. The van der Waals surface area contributed by atoms with Crippen molar-refractivity contribution in [2.24, 2.45) is 5.92 Å².